The van der Waals surface area contributed by atoms with Crippen molar-refractivity contribution in [2.75, 3.05) is 26.5 Å². The van der Waals surface area contributed by atoms with Crippen molar-refractivity contribution in [3.8, 4) is 0 Å². The fraction of sp³-hybridized carbons (Fsp3) is 1.00. The first-order valence-electron chi connectivity index (χ1n) is 3.22. The number of quaternary nitrogens is 1. The molecular formula is C6H14Cl2NO+. The summed E-state index contributed by atoms with van der Waals surface area (Å²) in [4.78, 5) is 0. The van der Waals surface area contributed by atoms with Crippen LogP contribution < -0.4 is 0 Å². The molecule has 10 heavy (non-hydrogen) atoms. The molecule has 0 spiro atoms. The zero-order chi connectivity index (χ0) is 8.20. The Kier molecular flexibility index (Phi) is 4.61. The lowest BCUT2D eigenvalue weighted by molar-refractivity contribution is -0.772. The molecule has 0 aromatic carbocycles. The summed E-state index contributed by atoms with van der Waals surface area (Å²) in [6.07, 6.45) is 0.234. The van der Waals surface area contributed by atoms with Gasteiger partial charge < -0.3 is 5.11 Å². The van der Waals surface area contributed by atoms with E-state index in [9.17, 15) is 0 Å². The number of aliphatic hydroxyl groups excluding tert-OH is 1. The molecule has 0 saturated carbocycles. The molecule has 0 saturated heterocycles. The molecule has 1 N–H and O–H groups in total. The van der Waals surface area contributed by atoms with Crippen molar-refractivity contribution in [3.63, 3.8) is 0 Å². The van der Waals surface area contributed by atoms with E-state index in [1.807, 2.05) is 14.1 Å². The van der Waals surface area contributed by atoms with Gasteiger partial charge in [0.2, 0.25) is 0 Å². The quantitative estimate of drug-likeness (QED) is 0.518. The molecule has 0 aromatic rings. The maximum atomic E-state index is 9.02. The van der Waals surface area contributed by atoms with Crippen LogP contribution in [0.15, 0.2) is 0 Å². The second-order valence-electron chi connectivity index (χ2n) is 2.86. The number of halogens is 2. The van der Waals surface area contributed by atoms with Crippen LogP contribution in [-0.2, 0) is 0 Å². The van der Waals surface area contributed by atoms with Gasteiger partial charge in [-0.05, 0) is 0 Å². The molecule has 2 nitrogen and oxygen atoms in total. The third-order valence-corrected chi connectivity index (χ3v) is 1.70. The molecule has 0 aliphatic rings. The Morgan fingerprint density at radius 3 is 2.30 bits per heavy atom. The van der Waals surface area contributed by atoms with Gasteiger partial charge in [0.1, 0.15) is 0 Å². The molecule has 0 bridgehead atoms. The van der Waals surface area contributed by atoms with Crippen molar-refractivity contribution in [3.05, 3.63) is 0 Å². The van der Waals surface area contributed by atoms with Gasteiger partial charge in [0, 0.05) is 12.3 Å². The number of nitrogens with zero attached hydrogens (tertiary/aromatic N) is 1. The molecular weight excluding hydrogens is 173 g/mol. The van der Waals surface area contributed by atoms with Crippen LogP contribution in [0.5, 0.6) is 0 Å². The van der Waals surface area contributed by atoms with Crippen molar-refractivity contribution in [2.45, 2.75) is 12.5 Å². The van der Waals surface area contributed by atoms with Crippen LogP contribution in [0.3, 0.4) is 0 Å². The van der Waals surface area contributed by atoms with E-state index < -0.39 is 6.10 Å². The topological polar surface area (TPSA) is 20.2 Å². The summed E-state index contributed by atoms with van der Waals surface area (Å²) in [6, 6.07) is 0. The Labute approximate surface area is 72.0 Å². The van der Waals surface area contributed by atoms with Gasteiger partial charge in [-0.15, -0.1) is 11.6 Å². The zero-order valence-corrected chi connectivity index (χ0v) is 7.86. The molecule has 0 radical (unpaired) electrons. The van der Waals surface area contributed by atoms with E-state index in [4.69, 9.17) is 28.5 Å². The molecule has 0 aliphatic heterocycles. The van der Waals surface area contributed by atoms with Gasteiger partial charge >= 0.3 is 0 Å². The first kappa shape index (κ1) is 10.5. The highest BCUT2D eigenvalue weighted by molar-refractivity contribution is 6.18. The predicted molar refractivity (Wildman–Crippen MR) is 44.2 cm³/mol. The van der Waals surface area contributed by atoms with E-state index in [1.165, 1.54) is 0 Å². The standard InChI is InChI=1S/C6H14Cl2NO/c1-9(2,8)4-3-6(10)5-7/h6,10H,3-5H2,1-2H3/q+1. The Morgan fingerprint density at radius 1 is 1.50 bits per heavy atom. The third-order valence-electron chi connectivity index (χ3n) is 1.17. The summed E-state index contributed by atoms with van der Waals surface area (Å²) < 4.78 is 0.355. The van der Waals surface area contributed by atoms with E-state index in [-0.39, 0.29) is 5.88 Å². The molecule has 1 unspecified atom stereocenters. The van der Waals surface area contributed by atoms with Crippen LogP contribution >= 0.6 is 23.4 Å². The first-order chi connectivity index (χ1) is 4.45. The number of hydrogen-bond donors (Lipinski definition) is 1. The maximum Gasteiger partial charge on any atom is 0.164 e. The minimum absolute atomic E-state index is 0.289. The monoisotopic (exact) mass is 186 g/mol. The summed E-state index contributed by atoms with van der Waals surface area (Å²) in [5, 5.41) is 9.02. The molecule has 0 aromatic heterocycles. The molecule has 1 atom stereocenters. The summed E-state index contributed by atoms with van der Waals surface area (Å²) in [7, 11) is 3.73. The first-order valence-corrected chi connectivity index (χ1v) is 4.09. The van der Waals surface area contributed by atoms with Gasteiger partial charge in [-0.1, -0.05) is 0 Å². The van der Waals surface area contributed by atoms with Gasteiger partial charge in [-0.2, -0.15) is 0 Å². The normalized spacial score (nSPS) is 15.3. The second-order valence-corrected chi connectivity index (χ2v) is 4.08. The Balaban J connectivity index is 3.36. The molecule has 0 rings (SSSR count). The molecule has 0 aliphatic carbocycles. The second kappa shape index (κ2) is 4.39. The Morgan fingerprint density at radius 2 is 2.00 bits per heavy atom. The lowest BCUT2D eigenvalue weighted by Gasteiger charge is -2.19. The summed E-state index contributed by atoms with van der Waals surface area (Å²) >= 11 is 11.2. The van der Waals surface area contributed by atoms with Gasteiger partial charge in [0.05, 0.1) is 26.7 Å². The Hall–Kier alpha value is 0.500. The maximum absolute atomic E-state index is 9.02. The van der Waals surface area contributed by atoms with Gasteiger partial charge in [0.15, 0.2) is 11.8 Å². The number of aliphatic hydroxyl groups is 1. The highest BCUT2D eigenvalue weighted by Gasteiger charge is 2.13. The largest absolute Gasteiger partial charge is 0.392 e. The van der Waals surface area contributed by atoms with Crippen LogP contribution in [0.2, 0.25) is 0 Å². The SMILES string of the molecule is C[N+](C)(Cl)CCC(O)CCl. The van der Waals surface area contributed by atoms with E-state index in [2.05, 4.69) is 0 Å². The van der Waals surface area contributed by atoms with Crippen molar-refractivity contribution >= 4 is 23.4 Å². The van der Waals surface area contributed by atoms with E-state index in [0.717, 1.165) is 6.54 Å². The van der Waals surface area contributed by atoms with Crippen molar-refractivity contribution in [1.29, 1.82) is 0 Å². The number of alkyl halides is 1. The fourth-order valence-electron chi connectivity index (χ4n) is 0.533. The average Bonchev–Trinajstić information content (AvgIpc) is 1.81. The van der Waals surface area contributed by atoms with Crippen LogP contribution in [0.4, 0.5) is 0 Å². The molecule has 0 heterocycles. The average molecular weight is 187 g/mol. The summed E-state index contributed by atoms with van der Waals surface area (Å²) in [5.41, 5.74) is 0. The molecule has 62 valence electrons. The summed E-state index contributed by atoms with van der Waals surface area (Å²) in [6.45, 7) is 0.732. The lowest BCUT2D eigenvalue weighted by Crippen LogP contribution is -2.31. The van der Waals surface area contributed by atoms with Crippen molar-refractivity contribution in [1.82, 2.24) is 0 Å². The Bertz CT molecular complexity index is 92.2. The van der Waals surface area contributed by atoms with Crippen LogP contribution in [0, 0.1) is 0 Å². The number of hydrogen-bond acceptors (Lipinski definition) is 1. The highest BCUT2D eigenvalue weighted by Crippen LogP contribution is 2.06. The van der Waals surface area contributed by atoms with Gasteiger partial charge in [0.25, 0.3) is 0 Å². The van der Waals surface area contributed by atoms with E-state index >= 15 is 0 Å². The number of rotatable bonds is 4. The highest BCUT2D eigenvalue weighted by atomic mass is 35.5. The van der Waals surface area contributed by atoms with Crippen molar-refractivity contribution < 1.29 is 9.11 Å². The zero-order valence-electron chi connectivity index (χ0n) is 6.35. The molecule has 4 heteroatoms. The fourth-order valence-corrected chi connectivity index (χ4v) is 0.785. The smallest absolute Gasteiger partial charge is 0.164 e. The van der Waals surface area contributed by atoms with E-state index in [1.54, 1.807) is 0 Å². The van der Waals surface area contributed by atoms with Crippen LogP contribution in [0.1, 0.15) is 6.42 Å². The van der Waals surface area contributed by atoms with Crippen molar-refractivity contribution in [2.24, 2.45) is 0 Å². The molecule has 0 fully saturated rings. The predicted octanol–water partition coefficient (Wildman–Crippen LogP) is 1.21. The third kappa shape index (κ3) is 6.62. The summed E-state index contributed by atoms with van der Waals surface area (Å²) in [5.74, 6) is 0.289. The van der Waals surface area contributed by atoms with Crippen LogP contribution in [0.25, 0.3) is 0 Å². The minimum Gasteiger partial charge on any atom is -0.392 e. The minimum atomic E-state index is -0.419. The van der Waals surface area contributed by atoms with Gasteiger partial charge in [-0.25, -0.2) is 4.00 Å². The molecule has 0 amide bonds. The van der Waals surface area contributed by atoms with Gasteiger partial charge in [-0.3, -0.25) is 0 Å². The van der Waals surface area contributed by atoms with Crippen LogP contribution in [-0.4, -0.2) is 41.7 Å². The lowest BCUT2D eigenvalue weighted by atomic mass is 10.3. The van der Waals surface area contributed by atoms with E-state index in [0.29, 0.717) is 10.4 Å².